The quantitative estimate of drug-likeness (QED) is 0.187. The number of halogens is 1. The second kappa shape index (κ2) is 16.1. The Bertz CT molecular complexity index is 2340. The molecule has 0 spiro atoms. The highest BCUT2D eigenvalue weighted by Gasteiger charge is 2.45. The van der Waals surface area contributed by atoms with E-state index in [0.717, 1.165) is 93.8 Å². The number of fused-ring (bicyclic) bond motifs is 2. The van der Waals surface area contributed by atoms with Gasteiger partial charge in [0.05, 0.1) is 46.6 Å². The van der Waals surface area contributed by atoms with Crippen LogP contribution in [0.2, 0.25) is 5.02 Å². The van der Waals surface area contributed by atoms with E-state index in [4.69, 9.17) is 27.9 Å². The standard InChI is InChI=1S/C45H44ClN7O6/c1-47-38-13-10-33(25-37(38)46)59-32-8-5-30(6-9-32)52-26-39-35(43(52)56)11-4-28(48-39)3-2-27-16-20-50(21-17-27)29-18-22-51(23-19-29)31-7-12-34-36(24-31)45(58)53(44(34)57)40-14-15-41(54)49-42(40)55/h4,7,10-13,24-25,27,29-30,32,40H,5-6,8-9,14-23,26H2,(H,49,54,55). The fourth-order valence-electron chi connectivity index (χ4n) is 9.62. The number of amides is 5. The SMILES string of the molecule is [C-]#[N+]c1ccc(OC2CCC(N3Cc4nc(C#CC5CCN(C6CCN(c7ccc8c(c7)C(=O)N(C7CCC(=O)NC7=O)C8=O)CC6)CC5)ccc4C3=O)CC2)cc1Cl. The van der Waals surface area contributed by atoms with Crippen molar-refractivity contribution >= 4 is 52.5 Å². The fourth-order valence-corrected chi connectivity index (χ4v) is 9.83. The third-order valence-electron chi connectivity index (χ3n) is 12.9. The number of anilines is 1. The Balaban J connectivity index is 0.734. The van der Waals surface area contributed by atoms with E-state index in [-0.39, 0.29) is 36.8 Å². The number of nitrogens with one attached hydrogen (secondary N) is 1. The maximum Gasteiger partial charge on any atom is 0.262 e. The molecule has 3 aromatic rings. The summed E-state index contributed by atoms with van der Waals surface area (Å²) in [6, 6.07) is 13.9. The Hall–Kier alpha value is -5.76. The third-order valence-corrected chi connectivity index (χ3v) is 13.2. The molecule has 1 saturated carbocycles. The van der Waals surface area contributed by atoms with Crippen LogP contribution < -0.4 is 15.0 Å². The second-order valence-electron chi connectivity index (χ2n) is 16.4. The first-order chi connectivity index (χ1) is 28.6. The molecule has 0 radical (unpaired) electrons. The van der Waals surface area contributed by atoms with Crippen LogP contribution in [0.25, 0.3) is 4.85 Å². The topological polar surface area (TPSA) is 137 Å². The molecular formula is C45H44ClN7O6. The summed E-state index contributed by atoms with van der Waals surface area (Å²) in [5.41, 5.74) is 4.07. The van der Waals surface area contributed by atoms with Crippen molar-refractivity contribution < 1.29 is 28.7 Å². The maximum atomic E-state index is 13.4. The minimum atomic E-state index is -0.974. The van der Waals surface area contributed by atoms with Crippen molar-refractivity contribution in [2.24, 2.45) is 5.92 Å². The van der Waals surface area contributed by atoms with Crippen LogP contribution in [0.15, 0.2) is 48.5 Å². The highest BCUT2D eigenvalue weighted by Crippen LogP contribution is 2.36. The average molecular weight is 814 g/mol. The monoisotopic (exact) mass is 813 g/mol. The molecule has 6 heterocycles. The lowest BCUT2D eigenvalue weighted by Gasteiger charge is -2.41. The molecule has 9 rings (SSSR count). The lowest BCUT2D eigenvalue weighted by atomic mass is 9.92. The number of hydrogen-bond donors (Lipinski definition) is 1. The molecule has 4 fully saturated rings. The normalized spacial score (nSPS) is 24.0. The van der Waals surface area contributed by atoms with Crippen molar-refractivity contribution in [3.05, 3.63) is 93.0 Å². The molecule has 1 atom stereocenters. The number of aromatic nitrogens is 1. The van der Waals surface area contributed by atoms with E-state index in [9.17, 15) is 24.0 Å². The van der Waals surface area contributed by atoms with Gasteiger partial charge in [-0.15, -0.1) is 0 Å². The average Bonchev–Trinajstić information content (AvgIpc) is 3.71. The first-order valence-electron chi connectivity index (χ1n) is 20.6. The van der Waals surface area contributed by atoms with Crippen LogP contribution in [0, 0.1) is 24.3 Å². The Morgan fingerprint density at radius 3 is 2.25 bits per heavy atom. The Morgan fingerprint density at radius 2 is 1.53 bits per heavy atom. The van der Waals surface area contributed by atoms with Crippen LogP contribution in [0.5, 0.6) is 5.75 Å². The van der Waals surface area contributed by atoms with Crippen molar-refractivity contribution in [2.45, 2.75) is 95.0 Å². The number of hydrogen-bond acceptors (Lipinski definition) is 9. The number of likely N-dealkylation sites (tertiary alicyclic amines) is 1. The van der Waals surface area contributed by atoms with E-state index in [0.29, 0.717) is 51.4 Å². The Kier molecular flexibility index (Phi) is 10.6. The van der Waals surface area contributed by atoms with E-state index >= 15 is 0 Å². The number of carbonyl (C=O) groups is 5. The van der Waals surface area contributed by atoms with Crippen molar-refractivity contribution in [3.63, 3.8) is 0 Å². The highest BCUT2D eigenvalue weighted by atomic mass is 35.5. The third kappa shape index (κ3) is 7.66. The number of rotatable bonds is 6. The van der Waals surface area contributed by atoms with Crippen molar-refractivity contribution in [3.8, 4) is 17.6 Å². The van der Waals surface area contributed by atoms with Gasteiger partial charge in [-0.2, -0.15) is 0 Å². The summed E-state index contributed by atoms with van der Waals surface area (Å²) < 4.78 is 6.17. The van der Waals surface area contributed by atoms with Gasteiger partial charge in [0.25, 0.3) is 17.7 Å². The fraction of sp³-hybridized carbons (Fsp3) is 0.444. The molecule has 3 saturated heterocycles. The summed E-state index contributed by atoms with van der Waals surface area (Å²) in [5, 5.41) is 2.63. The number of imide groups is 2. The van der Waals surface area contributed by atoms with Crippen molar-refractivity contribution in [1.82, 2.24) is 25.0 Å². The van der Waals surface area contributed by atoms with Crippen LogP contribution in [-0.2, 0) is 16.1 Å². The van der Waals surface area contributed by atoms with Gasteiger partial charge < -0.3 is 19.4 Å². The molecule has 59 heavy (non-hydrogen) atoms. The molecule has 0 bridgehead atoms. The molecule has 6 aliphatic rings. The zero-order chi connectivity index (χ0) is 40.8. The summed E-state index contributed by atoms with van der Waals surface area (Å²) in [6.07, 6.45) is 7.56. The first kappa shape index (κ1) is 38.7. The van der Waals surface area contributed by atoms with Gasteiger partial charge in [0.15, 0.2) is 0 Å². The van der Waals surface area contributed by atoms with E-state index in [1.54, 1.807) is 30.3 Å². The van der Waals surface area contributed by atoms with Gasteiger partial charge in [-0.1, -0.05) is 23.6 Å². The van der Waals surface area contributed by atoms with Crippen LogP contribution >= 0.6 is 11.6 Å². The van der Waals surface area contributed by atoms with Crippen molar-refractivity contribution in [2.75, 3.05) is 31.1 Å². The molecule has 5 aliphatic heterocycles. The van der Waals surface area contributed by atoms with Crippen LogP contribution in [0.1, 0.15) is 107 Å². The predicted octanol–water partition coefficient (Wildman–Crippen LogP) is 5.77. The smallest absolute Gasteiger partial charge is 0.262 e. The van der Waals surface area contributed by atoms with Gasteiger partial charge in [0, 0.05) is 43.2 Å². The van der Waals surface area contributed by atoms with Gasteiger partial charge >= 0.3 is 0 Å². The number of ether oxygens (including phenoxy) is 1. The molecule has 5 amide bonds. The zero-order valence-corrected chi connectivity index (χ0v) is 33.4. The molecular weight excluding hydrogens is 770 g/mol. The van der Waals surface area contributed by atoms with Gasteiger partial charge in [0.2, 0.25) is 17.5 Å². The van der Waals surface area contributed by atoms with Gasteiger partial charge in [0.1, 0.15) is 17.5 Å². The maximum absolute atomic E-state index is 13.4. The Morgan fingerprint density at radius 1 is 0.780 bits per heavy atom. The minimum Gasteiger partial charge on any atom is -0.490 e. The van der Waals surface area contributed by atoms with E-state index in [2.05, 4.69) is 31.8 Å². The summed E-state index contributed by atoms with van der Waals surface area (Å²) in [6.45, 7) is 11.3. The van der Waals surface area contributed by atoms with E-state index in [1.807, 2.05) is 23.1 Å². The molecule has 2 aromatic carbocycles. The number of nitrogens with zero attached hydrogens (tertiary/aromatic N) is 6. The Labute approximate surface area is 347 Å². The molecule has 14 heteroatoms. The summed E-state index contributed by atoms with van der Waals surface area (Å²) in [4.78, 5) is 80.0. The predicted molar refractivity (Wildman–Crippen MR) is 218 cm³/mol. The van der Waals surface area contributed by atoms with Crippen LogP contribution in [0.3, 0.4) is 0 Å². The number of benzene rings is 2. The molecule has 1 unspecified atom stereocenters. The molecule has 302 valence electrons. The zero-order valence-electron chi connectivity index (χ0n) is 32.6. The summed E-state index contributed by atoms with van der Waals surface area (Å²) in [5.74, 6) is 5.81. The van der Waals surface area contributed by atoms with Crippen LogP contribution in [0.4, 0.5) is 11.4 Å². The number of carbonyl (C=O) groups excluding carboxylic acids is 5. The van der Waals surface area contributed by atoms with Gasteiger partial charge in [-0.25, -0.2) is 9.83 Å². The molecule has 1 aliphatic carbocycles. The summed E-state index contributed by atoms with van der Waals surface area (Å²) in [7, 11) is 0. The lowest BCUT2D eigenvalue weighted by Crippen LogP contribution is -2.54. The molecule has 1 aromatic heterocycles. The van der Waals surface area contributed by atoms with E-state index < -0.39 is 29.7 Å². The second-order valence-corrected chi connectivity index (χ2v) is 16.8. The largest absolute Gasteiger partial charge is 0.490 e. The molecule has 1 N–H and O–H groups in total. The van der Waals surface area contributed by atoms with E-state index in [1.165, 1.54) is 0 Å². The number of piperidine rings is 3. The lowest BCUT2D eigenvalue weighted by molar-refractivity contribution is -0.136. The first-order valence-corrected chi connectivity index (χ1v) is 21.0. The molecule has 13 nitrogen and oxygen atoms in total. The van der Waals surface area contributed by atoms with Crippen molar-refractivity contribution in [1.29, 1.82) is 0 Å². The highest BCUT2D eigenvalue weighted by molar-refractivity contribution is 6.33. The van der Waals surface area contributed by atoms with Gasteiger partial charge in [-0.05, 0) is 119 Å². The number of pyridine rings is 1. The van der Waals surface area contributed by atoms with Crippen LogP contribution in [-0.4, -0.2) is 99.6 Å². The minimum absolute atomic E-state index is 0.0355. The summed E-state index contributed by atoms with van der Waals surface area (Å²) >= 11 is 6.19. The van der Waals surface area contributed by atoms with Gasteiger partial charge in [-0.3, -0.25) is 34.2 Å².